The molecule has 0 saturated carbocycles. The zero-order valence-electron chi connectivity index (χ0n) is 16.7. The van der Waals surface area contributed by atoms with Gasteiger partial charge in [0.15, 0.2) is 0 Å². The molecular weight excluding hydrogens is 418 g/mol. The van der Waals surface area contributed by atoms with Crippen LogP contribution in [-0.2, 0) is 19.0 Å². The Kier molecular flexibility index (Phi) is 7.26. The average Bonchev–Trinajstić information content (AvgIpc) is 3.04. The Labute approximate surface area is 178 Å². The third-order valence-corrected chi connectivity index (χ3v) is 6.13. The highest BCUT2D eigenvalue weighted by Crippen LogP contribution is 2.38. The quantitative estimate of drug-likeness (QED) is 0.367. The summed E-state index contributed by atoms with van der Waals surface area (Å²) in [4.78, 5) is 36.5. The van der Waals surface area contributed by atoms with Crippen molar-refractivity contribution in [2.24, 2.45) is 5.92 Å². The largest absolute Gasteiger partial charge is 0.466 e. The molecule has 1 unspecified atom stereocenters. The van der Waals surface area contributed by atoms with Crippen LogP contribution >= 0.6 is 22.9 Å². The lowest BCUT2D eigenvalue weighted by Crippen LogP contribution is -2.40. The number of fused-ring (bicyclic) bond motifs is 1. The van der Waals surface area contributed by atoms with Crippen molar-refractivity contribution in [3.05, 3.63) is 15.7 Å². The lowest BCUT2D eigenvalue weighted by molar-refractivity contribution is -0.148. The molecule has 3 rings (SSSR count). The number of piperidine rings is 1. The minimum atomic E-state index is -0.423. The summed E-state index contributed by atoms with van der Waals surface area (Å²) in [7, 11) is 1.55. The number of halogens is 1. The van der Waals surface area contributed by atoms with Crippen LogP contribution in [0.15, 0.2) is 0 Å². The van der Waals surface area contributed by atoms with E-state index in [0.29, 0.717) is 35.3 Å². The van der Waals surface area contributed by atoms with E-state index in [2.05, 4.69) is 9.97 Å². The van der Waals surface area contributed by atoms with Gasteiger partial charge >= 0.3 is 11.9 Å². The Bertz CT molecular complexity index is 904. The number of methoxy groups -OCH3 is 1. The summed E-state index contributed by atoms with van der Waals surface area (Å²) < 4.78 is 15.4. The molecule has 10 heteroatoms. The highest BCUT2D eigenvalue weighted by molar-refractivity contribution is 7.20. The fourth-order valence-corrected chi connectivity index (χ4v) is 4.71. The van der Waals surface area contributed by atoms with Crippen molar-refractivity contribution in [2.45, 2.75) is 26.7 Å². The third-order valence-electron chi connectivity index (χ3n) is 4.79. The predicted octanol–water partition coefficient (Wildman–Crippen LogP) is 3.24. The monoisotopic (exact) mass is 441 g/mol. The number of carbonyl (C=O) groups is 2. The van der Waals surface area contributed by atoms with E-state index in [9.17, 15) is 9.59 Å². The van der Waals surface area contributed by atoms with Crippen molar-refractivity contribution in [3.8, 4) is 0 Å². The van der Waals surface area contributed by atoms with Gasteiger partial charge in [-0.25, -0.2) is 9.78 Å². The van der Waals surface area contributed by atoms with Crippen molar-refractivity contribution >= 4 is 50.9 Å². The van der Waals surface area contributed by atoms with Crippen molar-refractivity contribution in [1.29, 1.82) is 0 Å². The van der Waals surface area contributed by atoms with Crippen molar-refractivity contribution in [1.82, 2.24) is 9.97 Å². The third kappa shape index (κ3) is 4.79. The molecule has 1 atom stereocenters. The molecular formula is C19H24ClN3O5S. The molecule has 0 spiro atoms. The number of aryl methyl sites for hydroxylation is 1. The molecule has 0 N–H and O–H groups in total. The Balaban J connectivity index is 1.93. The maximum absolute atomic E-state index is 12.5. The van der Waals surface area contributed by atoms with Crippen LogP contribution in [0.5, 0.6) is 0 Å². The van der Waals surface area contributed by atoms with Crippen LogP contribution in [0, 0.1) is 12.8 Å². The molecule has 3 heterocycles. The first kappa shape index (κ1) is 21.7. The molecule has 0 aromatic carbocycles. The van der Waals surface area contributed by atoms with Gasteiger partial charge in [-0.1, -0.05) is 0 Å². The van der Waals surface area contributed by atoms with Gasteiger partial charge in [0.1, 0.15) is 22.1 Å². The van der Waals surface area contributed by atoms with E-state index in [1.54, 1.807) is 14.0 Å². The number of thiophene rings is 1. The summed E-state index contributed by atoms with van der Waals surface area (Å²) in [5.74, 6) is -0.200. The molecule has 8 nitrogen and oxygen atoms in total. The standard InChI is InChI=1S/C19H24ClN3O5S/c1-4-27-17(24)12-6-5-7-23(10-12)15-13-11(2)14(18(25)28-9-8-26-3)29-16(13)22-19(20)21-15/h12H,4-10H2,1-3H3. The fraction of sp³-hybridized carbons (Fsp3) is 0.579. The van der Waals surface area contributed by atoms with Crippen molar-refractivity contribution in [2.75, 3.05) is 44.9 Å². The van der Waals surface area contributed by atoms with E-state index in [1.807, 2.05) is 11.8 Å². The summed E-state index contributed by atoms with van der Waals surface area (Å²) in [6.45, 7) is 5.74. The number of nitrogens with zero attached hydrogens (tertiary/aromatic N) is 3. The van der Waals surface area contributed by atoms with E-state index in [0.717, 1.165) is 30.3 Å². The van der Waals surface area contributed by atoms with Gasteiger partial charge in [0.05, 0.1) is 24.5 Å². The molecule has 158 valence electrons. The summed E-state index contributed by atoms with van der Waals surface area (Å²) in [5, 5.41) is 0.869. The molecule has 29 heavy (non-hydrogen) atoms. The molecule has 1 fully saturated rings. The van der Waals surface area contributed by atoms with Gasteiger partial charge in [-0.3, -0.25) is 4.79 Å². The maximum atomic E-state index is 12.5. The summed E-state index contributed by atoms with van der Waals surface area (Å²) in [6, 6.07) is 0. The number of aromatic nitrogens is 2. The van der Waals surface area contributed by atoms with Gasteiger partial charge in [0.25, 0.3) is 0 Å². The number of ether oxygens (including phenoxy) is 3. The van der Waals surface area contributed by atoms with Crippen LogP contribution in [0.25, 0.3) is 10.2 Å². The van der Waals surface area contributed by atoms with E-state index in [1.165, 1.54) is 11.3 Å². The van der Waals surface area contributed by atoms with Gasteiger partial charge < -0.3 is 19.1 Å². The maximum Gasteiger partial charge on any atom is 0.348 e. The second-order valence-electron chi connectivity index (χ2n) is 6.72. The minimum Gasteiger partial charge on any atom is -0.466 e. The first-order valence-electron chi connectivity index (χ1n) is 9.50. The highest BCUT2D eigenvalue weighted by atomic mass is 35.5. The predicted molar refractivity (Wildman–Crippen MR) is 111 cm³/mol. The Morgan fingerprint density at radius 3 is 2.79 bits per heavy atom. The number of hydrogen-bond acceptors (Lipinski definition) is 9. The lowest BCUT2D eigenvalue weighted by atomic mass is 9.98. The molecule has 1 saturated heterocycles. The van der Waals surface area contributed by atoms with Gasteiger partial charge in [-0.05, 0) is 43.9 Å². The van der Waals surface area contributed by atoms with Crippen LogP contribution in [-0.4, -0.2) is 61.9 Å². The first-order valence-corrected chi connectivity index (χ1v) is 10.7. The van der Waals surface area contributed by atoms with Crippen LogP contribution in [0.3, 0.4) is 0 Å². The summed E-state index contributed by atoms with van der Waals surface area (Å²) in [5.41, 5.74) is 0.748. The van der Waals surface area contributed by atoms with Crippen LogP contribution < -0.4 is 4.90 Å². The van der Waals surface area contributed by atoms with Gasteiger partial charge in [0.2, 0.25) is 5.28 Å². The number of anilines is 1. The first-order chi connectivity index (χ1) is 14.0. The SMILES string of the molecule is CCOC(=O)C1CCCN(c2nc(Cl)nc3sc(C(=O)OCCOC)c(C)c23)C1. The second-order valence-corrected chi connectivity index (χ2v) is 8.06. The molecule has 2 aromatic heterocycles. The van der Waals surface area contributed by atoms with E-state index >= 15 is 0 Å². The van der Waals surface area contributed by atoms with Gasteiger partial charge in [-0.2, -0.15) is 4.98 Å². The topological polar surface area (TPSA) is 90.9 Å². The Hall–Kier alpha value is -1.97. The van der Waals surface area contributed by atoms with E-state index in [4.69, 9.17) is 25.8 Å². The van der Waals surface area contributed by atoms with Crippen LogP contribution in [0.4, 0.5) is 5.82 Å². The second kappa shape index (κ2) is 9.69. The Morgan fingerprint density at radius 1 is 1.28 bits per heavy atom. The van der Waals surface area contributed by atoms with Crippen molar-refractivity contribution in [3.63, 3.8) is 0 Å². The van der Waals surface area contributed by atoms with E-state index in [-0.39, 0.29) is 23.8 Å². The molecule has 2 aromatic rings. The molecule has 0 radical (unpaired) electrons. The van der Waals surface area contributed by atoms with Gasteiger partial charge in [0, 0.05) is 20.2 Å². The lowest BCUT2D eigenvalue weighted by Gasteiger charge is -2.32. The van der Waals surface area contributed by atoms with Gasteiger partial charge in [-0.15, -0.1) is 11.3 Å². The fourth-order valence-electron chi connectivity index (χ4n) is 3.42. The number of esters is 2. The zero-order chi connectivity index (χ0) is 21.0. The molecule has 0 amide bonds. The molecule has 1 aliphatic heterocycles. The average molecular weight is 442 g/mol. The smallest absolute Gasteiger partial charge is 0.348 e. The van der Waals surface area contributed by atoms with Crippen LogP contribution in [0.1, 0.15) is 35.0 Å². The highest BCUT2D eigenvalue weighted by Gasteiger charge is 2.30. The summed E-state index contributed by atoms with van der Waals surface area (Å²) >= 11 is 7.40. The van der Waals surface area contributed by atoms with E-state index < -0.39 is 5.97 Å². The number of carbonyl (C=O) groups excluding carboxylic acids is 2. The zero-order valence-corrected chi connectivity index (χ0v) is 18.3. The molecule has 0 aliphatic carbocycles. The normalized spacial score (nSPS) is 16.8. The molecule has 1 aliphatic rings. The number of hydrogen-bond donors (Lipinski definition) is 0. The summed E-state index contributed by atoms with van der Waals surface area (Å²) in [6.07, 6.45) is 1.61. The minimum absolute atomic E-state index is 0.103. The van der Waals surface area contributed by atoms with Crippen molar-refractivity contribution < 1.29 is 23.8 Å². The van der Waals surface area contributed by atoms with Crippen LogP contribution in [0.2, 0.25) is 5.28 Å². The Morgan fingerprint density at radius 2 is 2.07 bits per heavy atom. The molecule has 0 bridgehead atoms. The number of rotatable bonds is 7.